The molecule has 1 aromatic carbocycles. The van der Waals surface area contributed by atoms with Crippen molar-refractivity contribution in [2.45, 2.75) is 51.5 Å². The minimum Gasteiger partial charge on any atom is -0.356 e. The van der Waals surface area contributed by atoms with Crippen molar-refractivity contribution in [1.82, 2.24) is 24.8 Å². The van der Waals surface area contributed by atoms with E-state index in [1.165, 1.54) is 29.1 Å². The zero-order chi connectivity index (χ0) is 21.0. The second kappa shape index (κ2) is 9.18. The van der Waals surface area contributed by atoms with Gasteiger partial charge in [0.1, 0.15) is 17.5 Å². The summed E-state index contributed by atoms with van der Waals surface area (Å²) in [5.41, 5.74) is 3.94. The van der Waals surface area contributed by atoms with E-state index in [0.29, 0.717) is 5.92 Å². The molecule has 162 valence electrons. The summed E-state index contributed by atoms with van der Waals surface area (Å²) in [4.78, 5) is 22.7. The molecule has 0 amide bonds. The molecule has 0 saturated carbocycles. The van der Waals surface area contributed by atoms with Gasteiger partial charge in [0.2, 0.25) is 0 Å². The number of aromatic amines is 1. The summed E-state index contributed by atoms with van der Waals surface area (Å²) in [5.74, 6) is 3.76. The van der Waals surface area contributed by atoms with Crippen LogP contribution >= 0.6 is 0 Å². The Kier molecular flexibility index (Phi) is 5.98. The normalized spacial score (nSPS) is 17.6. The first-order valence-electron chi connectivity index (χ1n) is 11.6. The standard InChI is InChI=1S/C25H32N6/c1-19-22-8-5-14-31(17-9-20-6-3-2-4-7-20)25(22)29-24(28-19)21-10-15-30(16-11-21)18-23-26-12-13-27-23/h2-4,6-7,12-13,21H,5,8-11,14-18H2,1H3,(H,26,27). The summed E-state index contributed by atoms with van der Waals surface area (Å²) in [6, 6.07) is 10.8. The number of hydrogen-bond acceptors (Lipinski definition) is 5. The van der Waals surface area contributed by atoms with E-state index in [4.69, 9.17) is 9.97 Å². The molecule has 4 heterocycles. The number of piperidine rings is 1. The minimum absolute atomic E-state index is 0.453. The highest BCUT2D eigenvalue weighted by Crippen LogP contribution is 2.32. The van der Waals surface area contributed by atoms with Gasteiger partial charge < -0.3 is 9.88 Å². The van der Waals surface area contributed by atoms with Crippen LogP contribution < -0.4 is 4.90 Å². The van der Waals surface area contributed by atoms with Crippen LogP contribution in [0.5, 0.6) is 0 Å². The Morgan fingerprint density at radius 2 is 1.90 bits per heavy atom. The number of nitrogens with zero attached hydrogens (tertiary/aromatic N) is 5. The fourth-order valence-electron chi connectivity index (χ4n) is 4.96. The van der Waals surface area contributed by atoms with Gasteiger partial charge in [-0.25, -0.2) is 15.0 Å². The fraction of sp³-hybridized carbons (Fsp3) is 0.480. The number of hydrogen-bond donors (Lipinski definition) is 1. The van der Waals surface area contributed by atoms with Crippen molar-refractivity contribution >= 4 is 5.82 Å². The average Bonchev–Trinajstić information content (AvgIpc) is 3.32. The maximum absolute atomic E-state index is 5.17. The van der Waals surface area contributed by atoms with E-state index in [-0.39, 0.29) is 0 Å². The maximum atomic E-state index is 5.17. The van der Waals surface area contributed by atoms with Gasteiger partial charge in [-0.05, 0) is 57.7 Å². The van der Waals surface area contributed by atoms with Gasteiger partial charge in [-0.1, -0.05) is 30.3 Å². The van der Waals surface area contributed by atoms with E-state index in [2.05, 4.69) is 57.0 Å². The van der Waals surface area contributed by atoms with Crippen LogP contribution in [-0.4, -0.2) is 51.0 Å². The smallest absolute Gasteiger partial charge is 0.135 e. The average molecular weight is 417 g/mol. The monoisotopic (exact) mass is 416 g/mol. The minimum atomic E-state index is 0.453. The lowest BCUT2D eigenvalue weighted by Crippen LogP contribution is -2.35. The lowest BCUT2D eigenvalue weighted by molar-refractivity contribution is 0.197. The number of H-pyrrole nitrogens is 1. The zero-order valence-corrected chi connectivity index (χ0v) is 18.4. The third kappa shape index (κ3) is 4.64. The second-order valence-electron chi connectivity index (χ2n) is 8.88. The van der Waals surface area contributed by atoms with Crippen LogP contribution in [0, 0.1) is 6.92 Å². The first-order valence-corrected chi connectivity index (χ1v) is 11.6. The van der Waals surface area contributed by atoms with Crippen LogP contribution in [-0.2, 0) is 19.4 Å². The summed E-state index contributed by atoms with van der Waals surface area (Å²) >= 11 is 0. The van der Waals surface area contributed by atoms with Crippen LogP contribution in [0.3, 0.4) is 0 Å². The van der Waals surface area contributed by atoms with E-state index >= 15 is 0 Å². The number of benzene rings is 1. The summed E-state index contributed by atoms with van der Waals surface area (Å²) in [7, 11) is 0. The number of fused-ring (bicyclic) bond motifs is 1. The lowest BCUT2D eigenvalue weighted by atomic mass is 9.95. The van der Waals surface area contributed by atoms with Gasteiger partial charge in [0.05, 0.1) is 6.54 Å². The molecule has 6 nitrogen and oxygen atoms in total. The summed E-state index contributed by atoms with van der Waals surface area (Å²) in [6.07, 6.45) is 9.31. The van der Waals surface area contributed by atoms with Gasteiger partial charge in [-0.2, -0.15) is 0 Å². The molecule has 1 fully saturated rings. The molecule has 6 heteroatoms. The van der Waals surface area contributed by atoms with Crippen molar-refractivity contribution in [3.63, 3.8) is 0 Å². The van der Waals surface area contributed by atoms with Crippen LogP contribution in [0.15, 0.2) is 42.7 Å². The first-order chi connectivity index (χ1) is 15.3. The van der Waals surface area contributed by atoms with Crippen LogP contribution in [0.25, 0.3) is 0 Å². The fourth-order valence-corrected chi connectivity index (χ4v) is 4.96. The van der Waals surface area contributed by atoms with Crippen LogP contribution in [0.1, 0.15) is 53.7 Å². The molecule has 0 spiro atoms. The molecule has 0 bridgehead atoms. The molecule has 3 aromatic rings. The first kappa shape index (κ1) is 20.2. The van der Waals surface area contributed by atoms with Crippen molar-refractivity contribution < 1.29 is 0 Å². The molecule has 1 saturated heterocycles. The van der Waals surface area contributed by atoms with Gasteiger partial charge in [-0.15, -0.1) is 0 Å². The Morgan fingerprint density at radius 1 is 1.06 bits per heavy atom. The van der Waals surface area contributed by atoms with Crippen molar-refractivity contribution in [3.05, 3.63) is 71.2 Å². The second-order valence-corrected chi connectivity index (χ2v) is 8.88. The van der Waals surface area contributed by atoms with Gasteiger partial charge in [0.15, 0.2) is 0 Å². The van der Waals surface area contributed by atoms with Gasteiger partial charge in [-0.3, -0.25) is 4.90 Å². The Bertz CT molecular complexity index is 977. The van der Waals surface area contributed by atoms with Gasteiger partial charge in [0.25, 0.3) is 0 Å². The molecule has 2 aromatic heterocycles. The lowest BCUT2D eigenvalue weighted by Gasteiger charge is -2.34. The number of aromatic nitrogens is 4. The van der Waals surface area contributed by atoms with E-state index in [9.17, 15) is 0 Å². The quantitative estimate of drug-likeness (QED) is 0.661. The maximum Gasteiger partial charge on any atom is 0.135 e. The third-order valence-electron chi connectivity index (χ3n) is 6.76. The van der Waals surface area contributed by atoms with E-state index in [1.807, 2.05) is 12.4 Å². The van der Waals surface area contributed by atoms with E-state index in [1.54, 1.807) is 0 Å². The van der Waals surface area contributed by atoms with Crippen molar-refractivity contribution in [1.29, 1.82) is 0 Å². The number of anilines is 1. The zero-order valence-electron chi connectivity index (χ0n) is 18.4. The van der Waals surface area contributed by atoms with Crippen molar-refractivity contribution in [2.75, 3.05) is 31.1 Å². The highest BCUT2D eigenvalue weighted by Gasteiger charge is 2.27. The summed E-state index contributed by atoms with van der Waals surface area (Å²) in [6.45, 7) is 7.34. The van der Waals surface area contributed by atoms with E-state index in [0.717, 1.165) is 70.1 Å². The van der Waals surface area contributed by atoms with Gasteiger partial charge >= 0.3 is 0 Å². The topological polar surface area (TPSA) is 60.9 Å². The molecule has 0 unspecified atom stereocenters. The number of imidazole rings is 1. The largest absolute Gasteiger partial charge is 0.356 e. The molecular formula is C25H32N6. The number of likely N-dealkylation sites (tertiary alicyclic amines) is 1. The Labute approximate surface area is 184 Å². The Hall–Kier alpha value is -2.73. The summed E-state index contributed by atoms with van der Waals surface area (Å²) < 4.78 is 0. The number of nitrogens with one attached hydrogen (secondary N) is 1. The third-order valence-corrected chi connectivity index (χ3v) is 6.76. The van der Waals surface area contributed by atoms with Gasteiger partial charge in [0, 0.05) is 42.7 Å². The molecular weight excluding hydrogens is 384 g/mol. The van der Waals surface area contributed by atoms with E-state index < -0.39 is 0 Å². The SMILES string of the molecule is Cc1nc(C2CCN(Cc3ncc[nH]3)CC2)nc2c1CCCN2CCc1ccccc1. The van der Waals surface area contributed by atoms with Crippen LogP contribution in [0.2, 0.25) is 0 Å². The number of aryl methyl sites for hydroxylation is 1. The molecule has 0 atom stereocenters. The molecule has 1 N–H and O–H groups in total. The molecule has 31 heavy (non-hydrogen) atoms. The molecule has 2 aliphatic rings. The predicted octanol–water partition coefficient (Wildman–Crippen LogP) is 3.88. The van der Waals surface area contributed by atoms with Crippen LogP contribution in [0.4, 0.5) is 5.82 Å². The summed E-state index contributed by atoms with van der Waals surface area (Å²) in [5, 5.41) is 0. The Morgan fingerprint density at radius 3 is 2.68 bits per heavy atom. The molecule has 2 aliphatic heterocycles. The predicted molar refractivity (Wildman–Crippen MR) is 123 cm³/mol. The highest BCUT2D eigenvalue weighted by molar-refractivity contribution is 5.51. The Balaban J connectivity index is 1.28. The van der Waals surface area contributed by atoms with Crippen molar-refractivity contribution in [3.8, 4) is 0 Å². The molecule has 0 radical (unpaired) electrons. The highest BCUT2D eigenvalue weighted by atomic mass is 15.2. The molecule has 5 rings (SSSR count). The number of rotatable bonds is 6. The van der Waals surface area contributed by atoms with Crippen molar-refractivity contribution in [2.24, 2.45) is 0 Å². The molecule has 0 aliphatic carbocycles.